The SMILES string of the molecule is O=C(O)c1ccc(SCC2CCCC(F)(F)C2)nc1. The van der Waals surface area contributed by atoms with Gasteiger partial charge in [0.15, 0.2) is 0 Å². The molecule has 0 aliphatic heterocycles. The Morgan fingerprint density at radius 1 is 1.53 bits per heavy atom. The van der Waals surface area contributed by atoms with Crippen LogP contribution in [0, 0.1) is 5.92 Å². The summed E-state index contributed by atoms with van der Waals surface area (Å²) in [4.78, 5) is 14.7. The van der Waals surface area contributed by atoms with Crippen LogP contribution in [-0.4, -0.2) is 27.7 Å². The normalized spacial score (nSPS) is 22.1. The fourth-order valence-electron chi connectivity index (χ4n) is 2.21. The van der Waals surface area contributed by atoms with E-state index in [9.17, 15) is 13.6 Å². The van der Waals surface area contributed by atoms with E-state index in [1.165, 1.54) is 24.0 Å². The molecular weight excluding hydrogens is 272 g/mol. The van der Waals surface area contributed by atoms with E-state index in [4.69, 9.17) is 5.11 Å². The zero-order valence-electron chi connectivity index (χ0n) is 10.3. The third kappa shape index (κ3) is 4.16. The molecule has 1 heterocycles. The number of pyridine rings is 1. The first-order chi connectivity index (χ1) is 8.96. The number of hydrogen-bond acceptors (Lipinski definition) is 3. The van der Waals surface area contributed by atoms with Crippen molar-refractivity contribution in [2.75, 3.05) is 5.75 Å². The highest BCUT2D eigenvalue weighted by atomic mass is 32.2. The number of hydrogen-bond donors (Lipinski definition) is 1. The molecule has 1 saturated carbocycles. The Hall–Kier alpha value is -1.17. The summed E-state index contributed by atoms with van der Waals surface area (Å²) in [6.45, 7) is 0. The van der Waals surface area contributed by atoms with Gasteiger partial charge in [-0.15, -0.1) is 11.8 Å². The molecule has 2 rings (SSSR count). The topological polar surface area (TPSA) is 50.2 Å². The van der Waals surface area contributed by atoms with Gasteiger partial charge in [0.2, 0.25) is 5.92 Å². The Morgan fingerprint density at radius 2 is 2.32 bits per heavy atom. The van der Waals surface area contributed by atoms with Gasteiger partial charge >= 0.3 is 5.97 Å². The molecule has 1 aromatic heterocycles. The number of halogens is 2. The van der Waals surface area contributed by atoms with Gasteiger partial charge in [-0.25, -0.2) is 18.6 Å². The lowest BCUT2D eigenvalue weighted by atomic mass is 9.88. The van der Waals surface area contributed by atoms with Crippen LogP contribution in [0.1, 0.15) is 36.0 Å². The Labute approximate surface area is 114 Å². The Morgan fingerprint density at radius 3 is 2.89 bits per heavy atom. The second kappa shape index (κ2) is 5.86. The van der Waals surface area contributed by atoms with Crippen molar-refractivity contribution in [3.8, 4) is 0 Å². The molecule has 1 aliphatic carbocycles. The number of carbonyl (C=O) groups is 1. The van der Waals surface area contributed by atoms with Gasteiger partial charge in [-0.05, 0) is 30.9 Å². The molecule has 104 valence electrons. The van der Waals surface area contributed by atoms with Gasteiger partial charge in [-0.1, -0.05) is 0 Å². The van der Waals surface area contributed by atoms with Crippen LogP contribution < -0.4 is 0 Å². The van der Waals surface area contributed by atoms with Crippen molar-refractivity contribution < 1.29 is 18.7 Å². The highest BCUT2D eigenvalue weighted by molar-refractivity contribution is 7.99. The van der Waals surface area contributed by atoms with Gasteiger partial charge < -0.3 is 5.11 Å². The molecule has 3 nitrogen and oxygen atoms in total. The van der Waals surface area contributed by atoms with Crippen LogP contribution >= 0.6 is 11.8 Å². The number of rotatable bonds is 4. The number of thioether (sulfide) groups is 1. The second-order valence-electron chi connectivity index (χ2n) is 4.82. The number of aromatic nitrogens is 1. The maximum atomic E-state index is 13.2. The minimum Gasteiger partial charge on any atom is -0.478 e. The maximum Gasteiger partial charge on any atom is 0.337 e. The summed E-state index contributed by atoms with van der Waals surface area (Å²) in [7, 11) is 0. The van der Waals surface area contributed by atoms with Crippen LogP contribution in [0.25, 0.3) is 0 Å². The third-order valence-electron chi connectivity index (χ3n) is 3.19. The third-order valence-corrected chi connectivity index (χ3v) is 4.37. The largest absolute Gasteiger partial charge is 0.478 e. The quantitative estimate of drug-likeness (QED) is 0.858. The summed E-state index contributed by atoms with van der Waals surface area (Å²) in [6, 6.07) is 3.10. The average molecular weight is 287 g/mol. The molecule has 0 aromatic carbocycles. The van der Waals surface area contributed by atoms with Crippen LogP contribution in [-0.2, 0) is 0 Å². The molecule has 0 amide bonds. The fourth-order valence-corrected chi connectivity index (χ4v) is 3.20. The van der Waals surface area contributed by atoms with Gasteiger partial charge in [-0.3, -0.25) is 0 Å². The van der Waals surface area contributed by atoms with Crippen LogP contribution in [0.15, 0.2) is 23.4 Å². The zero-order valence-corrected chi connectivity index (χ0v) is 11.1. The lowest BCUT2D eigenvalue weighted by Crippen LogP contribution is -2.27. The number of carboxylic acids is 1. The monoisotopic (exact) mass is 287 g/mol. The molecule has 6 heteroatoms. The predicted octanol–water partition coefficient (Wildman–Crippen LogP) is 3.70. The maximum absolute atomic E-state index is 13.2. The molecule has 19 heavy (non-hydrogen) atoms. The van der Waals surface area contributed by atoms with E-state index in [1.807, 2.05) is 0 Å². The smallest absolute Gasteiger partial charge is 0.337 e. The molecule has 0 bridgehead atoms. The van der Waals surface area contributed by atoms with Gasteiger partial charge in [-0.2, -0.15) is 0 Å². The minimum absolute atomic E-state index is 0.000273. The molecule has 0 saturated heterocycles. The van der Waals surface area contributed by atoms with Crippen LogP contribution in [0.4, 0.5) is 8.78 Å². The molecule has 1 atom stereocenters. The Bertz CT molecular complexity index is 450. The Kier molecular flexibility index (Phi) is 4.39. The summed E-state index contributed by atoms with van der Waals surface area (Å²) in [6.07, 6.45) is 2.65. The summed E-state index contributed by atoms with van der Waals surface area (Å²) in [5.74, 6) is -2.93. The first-order valence-corrected chi connectivity index (χ1v) is 7.15. The van der Waals surface area contributed by atoms with E-state index < -0.39 is 11.9 Å². The standard InChI is InChI=1S/C13H15F2NO2S/c14-13(15)5-1-2-9(6-13)8-19-11-4-3-10(7-16-11)12(17)18/h3-4,7,9H,1-2,5-6,8H2,(H,17,18). The van der Waals surface area contributed by atoms with Crippen molar-refractivity contribution in [3.63, 3.8) is 0 Å². The number of aromatic carboxylic acids is 1. The summed E-state index contributed by atoms with van der Waals surface area (Å²) in [5.41, 5.74) is 0.133. The van der Waals surface area contributed by atoms with E-state index in [2.05, 4.69) is 4.98 Å². The first kappa shape index (κ1) is 14.2. The fraction of sp³-hybridized carbons (Fsp3) is 0.538. The van der Waals surface area contributed by atoms with Crippen LogP contribution in [0.2, 0.25) is 0 Å². The van der Waals surface area contributed by atoms with Crippen molar-refractivity contribution in [1.82, 2.24) is 4.98 Å². The molecular formula is C13H15F2NO2S. The minimum atomic E-state index is -2.52. The first-order valence-electron chi connectivity index (χ1n) is 6.16. The zero-order chi connectivity index (χ0) is 13.9. The average Bonchev–Trinajstić information content (AvgIpc) is 2.36. The van der Waals surface area contributed by atoms with Gasteiger partial charge in [0.25, 0.3) is 0 Å². The van der Waals surface area contributed by atoms with Gasteiger partial charge in [0.1, 0.15) is 0 Å². The lowest BCUT2D eigenvalue weighted by molar-refractivity contribution is -0.0487. The molecule has 0 radical (unpaired) electrons. The lowest BCUT2D eigenvalue weighted by Gasteiger charge is -2.28. The molecule has 1 fully saturated rings. The predicted molar refractivity (Wildman–Crippen MR) is 68.8 cm³/mol. The summed E-state index contributed by atoms with van der Waals surface area (Å²) >= 11 is 1.41. The van der Waals surface area contributed by atoms with E-state index >= 15 is 0 Å². The molecule has 1 aliphatic rings. The molecule has 1 unspecified atom stereocenters. The van der Waals surface area contributed by atoms with Gasteiger partial charge in [0.05, 0.1) is 10.6 Å². The van der Waals surface area contributed by atoms with Crippen LogP contribution in [0.3, 0.4) is 0 Å². The van der Waals surface area contributed by atoms with Crippen molar-refractivity contribution in [1.29, 1.82) is 0 Å². The number of nitrogens with zero attached hydrogens (tertiary/aromatic N) is 1. The summed E-state index contributed by atoms with van der Waals surface area (Å²) < 4.78 is 26.5. The van der Waals surface area contributed by atoms with Gasteiger partial charge in [0, 0.05) is 24.8 Å². The van der Waals surface area contributed by atoms with Crippen LogP contribution in [0.5, 0.6) is 0 Å². The highest BCUT2D eigenvalue weighted by Crippen LogP contribution is 2.38. The molecule has 1 N–H and O–H groups in total. The van der Waals surface area contributed by atoms with E-state index in [0.717, 1.165) is 6.42 Å². The highest BCUT2D eigenvalue weighted by Gasteiger charge is 2.35. The number of alkyl halides is 2. The van der Waals surface area contributed by atoms with Crippen molar-refractivity contribution >= 4 is 17.7 Å². The molecule has 1 aromatic rings. The second-order valence-corrected chi connectivity index (χ2v) is 5.86. The Balaban J connectivity index is 1.86. The van der Waals surface area contributed by atoms with E-state index in [1.54, 1.807) is 6.07 Å². The van der Waals surface area contributed by atoms with Crippen molar-refractivity contribution in [2.45, 2.75) is 36.6 Å². The summed E-state index contributed by atoms with van der Waals surface area (Å²) in [5, 5.41) is 9.42. The molecule has 0 spiro atoms. The van der Waals surface area contributed by atoms with Crippen molar-refractivity contribution in [2.24, 2.45) is 5.92 Å². The van der Waals surface area contributed by atoms with E-state index in [-0.39, 0.29) is 24.3 Å². The van der Waals surface area contributed by atoms with Crippen molar-refractivity contribution in [3.05, 3.63) is 23.9 Å². The number of carboxylic acid groups (broad SMARTS) is 1. The van der Waals surface area contributed by atoms with E-state index in [0.29, 0.717) is 17.2 Å².